The van der Waals surface area contributed by atoms with E-state index in [1.807, 2.05) is 54.6 Å². The topological polar surface area (TPSA) is 66.0 Å². The van der Waals surface area contributed by atoms with Gasteiger partial charge in [0, 0.05) is 0 Å². The fourth-order valence-electron chi connectivity index (χ4n) is 1.98. The van der Waals surface area contributed by atoms with Crippen LogP contribution in [0.4, 0.5) is 4.79 Å². The minimum Gasteiger partial charge on any atom is -0.491 e. The summed E-state index contributed by atoms with van der Waals surface area (Å²) in [5.41, 5.74) is 2.76. The zero-order valence-corrected chi connectivity index (χ0v) is 15.4. The smallest absolute Gasteiger partial charge is 0.431 e. The number of hydrogen-bond acceptors (Lipinski definition) is 5. The van der Waals surface area contributed by atoms with Crippen LogP contribution in [0, 0.1) is 0 Å². The Kier molecular flexibility index (Phi) is 7.29. The van der Waals surface area contributed by atoms with Gasteiger partial charge in [0.15, 0.2) is 0 Å². The molecule has 0 unspecified atom stereocenters. The summed E-state index contributed by atoms with van der Waals surface area (Å²) in [5, 5.41) is 0. The van der Waals surface area contributed by atoms with Crippen molar-refractivity contribution >= 4 is 6.09 Å². The van der Waals surface area contributed by atoms with Crippen molar-refractivity contribution in [2.45, 2.75) is 33.0 Å². The molecule has 6 heteroatoms. The maximum absolute atomic E-state index is 11.4. The molecular formula is C20H25NO5. The second-order valence-electron chi connectivity index (χ2n) is 6.55. The van der Waals surface area contributed by atoms with Gasteiger partial charge < -0.3 is 14.2 Å². The highest BCUT2D eigenvalue weighted by Crippen LogP contribution is 2.18. The van der Waals surface area contributed by atoms with Crippen LogP contribution < -0.4 is 15.0 Å². The highest BCUT2D eigenvalue weighted by atomic mass is 16.7. The number of carbonyl (C=O) groups is 1. The molecule has 0 aliphatic heterocycles. The Balaban J connectivity index is 1.62. The molecule has 26 heavy (non-hydrogen) atoms. The molecule has 0 atom stereocenters. The molecule has 0 heterocycles. The predicted molar refractivity (Wildman–Crippen MR) is 98.0 cm³/mol. The molecular weight excluding hydrogens is 334 g/mol. The maximum Gasteiger partial charge on any atom is 0.431 e. The van der Waals surface area contributed by atoms with Gasteiger partial charge in [-0.25, -0.2) is 4.79 Å². The lowest BCUT2D eigenvalue weighted by Crippen LogP contribution is -2.33. The Bertz CT molecular complexity index is 665. The van der Waals surface area contributed by atoms with Crippen molar-refractivity contribution in [3.63, 3.8) is 0 Å². The number of hydrogen-bond donors (Lipinski definition) is 1. The van der Waals surface area contributed by atoms with Crippen LogP contribution in [0.15, 0.2) is 54.6 Å². The molecule has 0 fully saturated rings. The van der Waals surface area contributed by atoms with Crippen molar-refractivity contribution in [2.24, 2.45) is 0 Å². The lowest BCUT2D eigenvalue weighted by molar-refractivity contribution is -0.0144. The van der Waals surface area contributed by atoms with E-state index in [9.17, 15) is 4.79 Å². The molecule has 0 radical (unpaired) electrons. The number of benzene rings is 2. The van der Waals surface area contributed by atoms with E-state index in [0.717, 1.165) is 11.3 Å². The van der Waals surface area contributed by atoms with Crippen LogP contribution in [-0.2, 0) is 16.2 Å². The van der Waals surface area contributed by atoms with E-state index in [4.69, 9.17) is 19.0 Å². The summed E-state index contributed by atoms with van der Waals surface area (Å²) in [5.74, 6) is 1.46. The third kappa shape index (κ3) is 7.90. The zero-order chi connectivity index (χ0) is 18.8. The Morgan fingerprint density at radius 2 is 1.50 bits per heavy atom. The van der Waals surface area contributed by atoms with E-state index in [0.29, 0.717) is 19.0 Å². The zero-order valence-electron chi connectivity index (χ0n) is 15.4. The predicted octanol–water partition coefficient (Wildman–Crippen LogP) is 4.10. The van der Waals surface area contributed by atoms with Crippen molar-refractivity contribution in [2.75, 3.05) is 13.2 Å². The second-order valence-corrected chi connectivity index (χ2v) is 6.55. The number of carbonyl (C=O) groups excluding carboxylic acids is 1. The van der Waals surface area contributed by atoms with Crippen molar-refractivity contribution in [3.8, 4) is 11.5 Å². The Labute approximate surface area is 154 Å². The van der Waals surface area contributed by atoms with E-state index in [-0.39, 0.29) is 6.61 Å². The summed E-state index contributed by atoms with van der Waals surface area (Å²) in [6.07, 6.45) is -0.627. The highest BCUT2D eigenvalue weighted by molar-refractivity contribution is 5.66. The minimum atomic E-state index is -0.627. The molecule has 6 nitrogen and oxygen atoms in total. The van der Waals surface area contributed by atoms with Crippen molar-refractivity contribution < 1.29 is 23.8 Å². The number of nitrogens with one attached hydrogen (secondary N) is 1. The molecule has 0 bridgehead atoms. The van der Waals surface area contributed by atoms with E-state index in [1.165, 1.54) is 0 Å². The molecule has 1 amide bonds. The molecule has 0 spiro atoms. The number of ether oxygens (including phenoxy) is 3. The van der Waals surface area contributed by atoms with Crippen LogP contribution in [0.3, 0.4) is 0 Å². The van der Waals surface area contributed by atoms with E-state index in [2.05, 4.69) is 5.48 Å². The number of rotatable bonds is 8. The third-order valence-electron chi connectivity index (χ3n) is 3.08. The maximum atomic E-state index is 11.4. The average molecular weight is 359 g/mol. The van der Waals surface area contributed by atoms with Crippen molar-refractivity contribution in [3.05, 3.63) is 60.2 Å². The van der Waals surface area contributed by atoms with Gasteiger partial charge in [0.25, 0.3) is 0 Å². The first-order chi connectivity index (χ1) is 12.4. The molecule has 0 saturated heterocycles. The molecule has 0 aromatic heterocycles. The van der Waals surface area contributed by atoms with E-state index >= 15 is 0 Å². The van der Waals surface area contributed by atoms with Crippen LogP contribution in [-0.4, -0.2) is 24.9 Å². The van der Waals surface area contributed by atoms with Crippen LogP contribution in [0.5, 0.6) is 11.5 Å². The van der Waals surface area contributed by atoms with Crippen LogP contribution in [0.25, 0.3) is 0 Å². The monoisotopic (exact) mass is 359 g/mol. The first kappa shape index (κ1) is 19.6. The quantitative estimate of drug-likeness (QED) is 0.568. The Hall–Kier alpha value is -2.73. The molecule has 2 rings (SSSR count). The summed E-state index contributed by atoms with van der Waals surface area (Å²) in [6.45, 7) is 6.35. The fraction of sp³-hybridized carbons (Fsp3) is 0.350. The number of amides is 1. The Morgan fingerprint density at radius 1 is 0.885 bits per heavy atom. The summed E-state index contributed by atoms with van der Waals surface area (Å²) in [4.78, 5) is 16.4. The molecule has 2 aromatic carbocycles. The Morgan fingerprint density at radius 3 is 2.12 bits per heavy atom. The van der Waals surface area contributed by atoms with Crippen LogP contribution >= 0.6 is 0 Å². The fourth-order valence-corrected chi connectivity index (χ4v) is 1.98. The largest absolute Gasteiger partial charge is 0.491 e. The summed E-state index contributed by atoms with van der Waals surface area (Å²) in [7, 11) is 0. The minimum absolute atomic E-state index is 0.200. The van der Waals surface area contributed by atoms with Gasteiger partial charge in [0.05, 0.1) is 0 Å². The third-order valence-corrected chi connectivity index (χ3v) is 3.08. The van der Waals surface area contributed by atoms with Gasteiger partial charge in [-0.15, -0.1) is 0 Å². The van der Waals surface area contributed by atoms with Crippen molar-refractivity contribution in [1.29, 1.82) is 0 Å². The van der Waals surface area contributed by atoms with Gasteiger partial charge in [-0.2, -0.15) is 5.48 Å². The van der Waals surface area contributed by atoms with Crippen molar-refractivity contribution in [1.82, 2.24) is 5.48 Å². The number of hydroxylamine groups is 1. The molecule has 140 valence electrons. The van der Waals surface area contributed by atoms with Gasteiger partial charge in [-0.1, -0.05) is 30.3 Å². The normalized spacial score (nSPS) is 10.9. The van der Waals surface area contributed by atoms with Gasteiger partial charge in [-0.3, -0.25) is 4.84 Å². The lowest BCUT2D eigenvalue weighted by atomic mass is 10.2. The highest BCUT2D eigenvalue weighted by Gasteiger charge is 2.15. The summed E-state index contributed by atoms with van der Waals surface area (Å²) in [6, 6.07) is 17.3. The second kappa shape index (κ2) is 9.68. The van der Waals surface area contributed by atoms with Gasteiger partial charge in [-0.05, 0) is 50.6 Å². The molecule has 0 aliphatic carbocycles. The van der Waals surface area contributed by atoms with Gasteiger partial charge >= 0.3 is 6.09 Å². The van der Waals surface area contributed by atoms with E-state index in [1.54, 1.807) is 20.8 Å². The average Bonchev–Trinajstić information content (AvgIpc) is 2.60. The van der Waals surface area contributed by atoms with Crippen LogP contribution in [0.2, 0.25) is 0 Å². The van der Waals surface area contributed by atoms with Gasteiger partial charge in [0.2, 0.25) is 0 Å². The SMILES string of the molecule is CC(C)(C)OC(=O)NOCCOc1ccc(OCc2ccccc2)cc1. The first-order valence-electron chi connectivity index (χ1n) is 8.43. The molecule has 1 N–H and O–H groups in total. The lowest BCUT2D eigenvalue weighted by Gasteiger charge is -2.19. The van der Waals surface area contributed by atoms with E-state index < -0.39 is 11.7 Å². The van der Waals surface area contributed by atoms with Crippen LogP contribution in [0.1, 0.15) is 26.3 Å². The summed E-state index contributed by atoms with van der Waals surface area (Å²) >= 11 is 0. The first-order valence-corrected chi connectivity index (χ1v) is 8.43. The van der Waals surface area contributed by atoms with Gasteiger partial charge in [0.1, 0.15) is 36.9 Å². The molecule has 2 aromatic rings. The summed E-state index contributed by atoms with van der Waals surface area (Å²) < 4.78 is 16.3. The standard InChI is InChI=1S/C20H25NO5/c1-20(2,3)26-19(22)21-25-14-13-23-17-9-11-18(12-10-17)24-15-16-7-5-4-6-8-16/h4-12H,13-15H2,1-3H3,(H,21,22). The molecule has 0 aliphatic rings. The molecule has 0 saturated carbocycles.